The van der Waals surface area contributed by atoms with Crippen LogP contribution >= 0.6 is 11.6 Å². The predicted molar refractivity (Wildman–Crippen MR) is 91.4 cm³/mol. The van der Waals surface area contributed by atoms with Gasteiger partial charge in [0.15, 0.2) is 0 Å². The van der Waals surface area contributed by atoms with Gasteiger partial charge in [0, 0.05) is 18.3 Å². The lowest BCUT2D eigenvalue weighted by atomic mass is 10.1. The van der Waals surface area contributed by atoms with Gasteiger partial charge in [-0.15, -0.1) is 0 Å². The minimum absolute atomic E-state index is 0.114. The minimum Gasteiger partial charge on any atom is -0.480 e. The average molecular weight is 367 g/mol. The van der Waals surface area contributed by atoms with Crippen molar-refractivity contribution in [3.63, 3.8) is 0 Å². The van der Waals surface area contributed by atoms with Crippen molar-refractivity contribution in [2.24, 2.45) is 0 Å². The molecule has 0 saturated carbocycles. The van der Waals surface area contributed by atoms with Crippen LogP contribution in [0.2, 0.25) is 5.02 Å². The summed E-state index contributed by atoms with van der Waals surface area (Å²) < 4.78 is 9.94. The molecule has 0 aliphatic rings. The number of aliphatic hydroxyl groups is 2. The van der Waals surface area contributed by atoms with Gasteiger partial charge in [0.05, 0.1) is 7.11 Å². The van der Waals surface area contributed by atoms with Gasteiger partial charge in [-0.25, -0.2) is 9.78 Å². The molecule has 2 unspecified atom stereocenters. The number of nitrogens with zero attached hydrogens (tertiary/aromatic N) is 1. The number of carbonyl (C=O) groups excluding carboxylic acids is 1. The highest BCUT2D eigenvalue weighted by molar-refractivity contribution is 6.31. The molecule has 0 spiro atoms. The van der Waals surface area contributed by atoms with Crippen LogP contribution in [0.15, 0.2) is 42.6 Å². The first kappa shape index (κ1) is 19.0. The number of pyridine rings is 1. The van der Waals surface area contributed by atoms with E-state index in [0.717, 1.165) is 5.56 Å². The van der Waals surface area contributed by atoms with E-state index in [9.17, 15) is 15.0 Å². The molecule has 2 atom stereocenters. The Bertz CT molecular complexity index is 699. The van der Waals surface area contributed by atoms with E-state index in [0.29, 0.717) is 5.56 Å². The molecule has 2 rings (SSSR count). The number of methoxy groups -OCH3 is 1. The first-order valence-corrected chi connectivity index (χ1v) is 7.89. The maximum absolute atomic E-state index is 11.6. The van der Waals surface area contributed by atoms with Gasteiger partial charge in [0.1, 0.15) is 23.8 Å². The number of benzene rings is 1. The lowest BCUT2D eigenvalue weighted by Crippen LogP contribution is -2.35. The van der Waals surface area contributed by atoms with E-state index in [-0.39, 0.29) is 24.1 Å². The Morgan fingerprint density at radius 1 is 1.32 bits per heavy atom. The summed E-state index contributed by atoms with van der Waals surface area (Å²) in [6, 6.07) is 10.6. The van der Waals surface area contributed by atoms with E-state index >= 15 is 0 Å². The van der Waals surface area contributed by atoms with Gasteiger partial charge in [-0.3, -0.25) is 0 Å². The largest absolute Gasteiger partial charge is 0.480 e. The highest BCUT2D eigenvalue weighted by Crippen LogP contribution is 2.26. The van der Waals surface area contributed by atoms with Crippen LogP contribution < -0.4 is 10.1 Å². The normalized spacial score (nSPS) is 13.0. The van der Waals surface area contributed by atoms with E-state index in [1.54, 1.807) is 0 Å². The fraction of sp³-hybridized carbons (Fsp3) is 0.294. The SMILES string of the molecule is COc1ncc(C(O)C(O)CNC(=O)OCc2ccccc2)cc1Cl. The zero-order chi connectivity index (χ0) is 18.2. The second-order valence-electron chi connectivity index (χ2n) is 5.21. The number of hydrogen-bond donors (Lipinski definition) is 3. The van der Waals surface area contributed by atoms with Crippen molar-refractivity contribution < 1.29 is 24.5 Å². The number of amides is 1. The van der Waals surface area contributed by atoms with E-state index in [2.05, 4.69) is 10.3 Å². The summed E-state index contributed by atoms with van der Waals surface area (Å²) in [7, 11) is 1.42. The van der Waals surface area contributed by atoms with Crippen LogP contribution in [0.5, 0.6) is 5.88 Å². The van der Waals surface area contributed by atoms with Gasteiger partial charge in [-0.05, 0) is 11.6 Å². The van der Waals surface area contributed by atoms with E-state index in [1.807, 2.05) is 30.3 Å². The Hall–Kier alpha value is -2.35. The first-order chi connectivity index (χ1) is 12.0. The molecule has 3 N–H and O–H groups in total. The highest BCUT2D eigenvalue weighted by Gasteiger charge is 2.21. The van der Waals surface area contributed by atoms with Crippen LogP contribution in [0, 0.1) is 0 Å². The van der Waals surface area contributed by atoms with Crippen molar-refractivity contribution in [1.29, 1.82) is 0 Å². The molecule has 1 heterocycles. The molecule has 0 aliphatic heterocycles. The Morgan fingerprint density at radius 3 is 2.68 bits per heavy atom. The van der Waals surface area contributed by atoms with Crippen molar-refractivity contribution in [3.05, 3.63) is 58.7 Å². The molecule has 1 amide bonds. The number of aromatic nitrogens is 1. The lowest BCUT2D eigenvalue weighted by Gasteiger charge is -2.19. The Labute approximate surface area is 150 Å². The number of rotatable bonds is 7. The summed E-state index contributed by atoms with van der Waals surface area (Å²) in [5, 5.41) is 22.7. The first-order valence-electron chi connectivity index (χ1n) is 7.51. The lowest BCUT2D eigenvalue weighted by molar-refractivity contribution is 0.0182. The van der Waals surface area contributed by atoms with Gasteiger partial charge in [-0.1, -0.05) is 41.9 Å². The summed E-state index contributed by atoms with van der Waals surface area (Å²) in [5.41, 5.74) is 1.15. The maximum Gasteiger partial charge on any atom is 0.407 e. The molecule has 0 bridgehead atoms. The van der Waals surface area contributed by atoms with E-state index < -0.39 is 18.3 Å². The summed E-state index contributed by atoms with van der Waals surface area (Å²) in [5.74, 6) is 0.217. The predicted octanol–water partition coefficient (Wildman–Crippen LogP) is 2.06. The van der Waals surface area contributed by atoms with Gasteiger partial charge in [0.2, 0.25) is 5.88 Å². The molecule has 7 nitrogen and oxygen atoms in total. The van der Waals surface area contributed by atoms with Crippen LogP contribution in [-0.2, 0) is 11.3 Å². The molecule has 1 aromatic carbocycles. The van der Waals surface area contributed by atoms with Crippen LogP contribution in [0.4, 0.5) is 4.79 Å². The zero-order valence-electron chi connectivity index (χ0n) is 13.6. The van der Waals surface area contributed by atoms with Crippen molar-refractivity contribution in [3.8, 4) is 5.88 Å². The topological polar surface area (TPSA) is 101 Å². The molecule has 1 aromatic heterocycles. The molecule has 134 valence electrons. The maximum atomic E-state index is 11.6. The Morgan fingerprint density at radius 2 is 2.04 bits per heavy atom. The third-order valence-electron chi connectivity index (χ3n) is 3.40. The second-order valence-corrected chi connectivity index (χ2v) is 5.62. The highest BCUT2D eigenvalue weighted by atomic mass is 35.5. The quantitative estimate of drug-likeness (QED) is 0.693. The number of hydrogen-bond acceptors (Lipinski definition) is 6. The number of alkyl carbamates (subject to hydrolysis) is 1. The molecule has 2 aromatic rings. The fourth-order valence-electron chi connectivity index (χ4n) is 2.05. The fourth-order valence-corrected chi connectivity index (χ4v) is 2.30. The number of nitrogens with one attached hydrogen (secondary N) is 1. The van der Waals surface area contributed by atoms with Gasteiger partial charge >= 0.3 is 6.09 Å². The molecular formula is C17H19ClN2O5. The molecular weight excluding hydrogens is 348 g/mol. The Kier molecular flexibility index (Phi) is 7.00. The van der Waals surface area contributed by atoms with E-state index in [4.69, 9.17) is 21.1 Å². The average Bonchev–Trinajstić information content (AvgIpc) is 2.64. The van der Waals surface area contributed by atoms with E-state index in [1.165, 1.54) is 19.4 Å². The standard InChI is InChI=1S/C17H19ClN2O5/c1-24-16-13(18)7-12(8-19-16)15(22)14(21)9-20-17(23)25-10-11-5-3-2-4-6-11/h2-8,14-15,21-22H,9-10H2,1H3,(H,20,23). The third kappa shape index (κ3) is 5.60. The van der Waals surface area contributed by atoms with Gasteiger partial charge in [-0.2, -0.15) is 0 Å². The molecule has 8 heteroatoms. The molecule has 0 radical (unpaired) electrons. The van der Waals surface area contributed by atoms with Crippen molar-refractivity contribution in [2.75, 3.05) is 13.7 Å². The summed E-state index contributed by atoms with van der Waals surface area (Å²) >= 11 is 5.94. The van der Waals surface area contributed by atoms with Crippen LogP contribution in [0.25, 0.3) is 0 Å². The number of ether oxygens (including phenoxy) is 2. The van der Waals surface area contributed by atoms with Crippen LogP contribution in [0.1, 0.15) is 17.2 Å². The Balaban J connectivity index is 1.81. The summed E-state index contributed by atoms with van der Waals surface area (Å²) in [6.07, 6.45) is -1.88. The minimum atomic E-state index is -1.27. The summed E-state index contributed by atoms with van der Waals surface area (Å²) in [6.45, 7) is -0.0816. The van der Waals surface area contributed by atoms with Crippen molar-refractivity contribution in [1.82, 2.24) is 10.3 Å². The smallest absolute Gasteiger partial charge is 0.407 e. The summed E-state index contributed by atoms with van der Waals surface area (Å²) in [4.78, 5) is 15.6. The van der Waals surface area contributed by atoms with Crippen molar-refractivity contribution >= 4 is 17.7 Å². The van der Waals surface area contributed by atoms with Crippen LogP contribution in [-0.4, -0.2) is 41.0 Å². The van der Waals surface area contributed by atoms with Gasteiger partial charge < -0.3 is 25.0 Å². The zero-order valence-corrected chi connectivity index (χ0v) is 14.3. The molecule has 25 heavy (non-hydrogen) atoms. The molecule has 0 fully saturated rings. The number of halogens is 1. The monoisotopic (exact) mass is 366 g/mol. The van der Waals surface area contributed by atoms with Gasteiger partial charge in [0.25, 0.3) is 0 Å². The van der Waals surface area contributed by atoms with Crippen molar-refractivity contribution in [2.45, 2.75) is 18.8 Å². The third-order valence-corrected chi connectivity index (χ3v) is 3.67. The number of aliphatic hydroxyl groups excluding tert-OH is 2. The van der Waals surface area contributed by atoms with Crippen LogP contribution in [0.3, 0.4) is 0 Å². The molecule has 0 aliphatic carbocycles. The second kappa shape index (κ2) is 9.22. The number of carbonyl (C=O) groups is 1. The molecule has 0 saturated heterocycles.